The molecule has 2 aromatic carbocycles. The number of carbonyl (C=O) groups excluding carboxylic acids is 1. The Balaban J connectivity index is 1.67. The number of benzene rings is 2. The van der Waals surface area contributed by atoms with E-state index in [4.69, 9.17) is 5.73 Å². The van der Waals surface area contributed by atoms with Crippen molar-refractivity contribution in [3.63, 3.8) is 0 Å². The molecular weight excluding hydrogens is 444 g/mol. The number of nitrogens with two attached hydrogens (primary N) is 1. The highest BCUT2D eigenvalue weighted by Gasteiger charge is 2.35. The second kappa shape index (κ2) is 11.1. The van der Waals surface area contributed by atoms with Crippen LogP contribution in [0.5, 0.6) is 5.75 Å². The summed E-state index contributed by atoms with van der Waals surface area (Å²) in [5.41, 5.74) is 7.91. The highest BCUT2D eigenvalue weighted by molar-refractivity contribution is 5.96. The van der Waals surface area contributed by atoms with Crippen LogP contribution in [0.1, 0.15) is 54.4 Å². The van der Waals surface area contributed by atoms with E-state index in [1.54, 1.807) is 22.9 Å². The fourth-order valence-electron chi connectivity index (χ4n) is 5.38. The van der Waals surface area contributed by atoms with Gasteiger partial charge in [-0.2, -0.15) is 0 Å². The molecule has 7 heteroatoms. The van der Waals surface area contributed by atoms with E-state index in [-0.39, 0.29) is 24.0 Å². The average Bonchev–Trinajstić information content (AvgIpc) is 3.23. The Morgan fingerprint density at radius 2 is 1.69 bits per heavy atom. The molecule has 3 unspecified atom stereocenters. The molecule has 186 valence electrons. The number of nitrogens with zero attached hydrogens (tertiary/aromatic N) is 1. The molecule has 0 saturated heterocycles. The molecule has 0 radical (unpaired) electrons. The van der Waals surface area contributed by atoms with Crippen LogP contribution in [0.15, 0.2) is 54.7 Å². The minimum absolute atomic E-state index is 0.0591. The van der Waals surface area contributed by atoms with Gasteiger partial charge in [0.1, 0.15) is 11.8 Å². The lowest BCUT2D eigenvalue weighted by atomic mass is 9.78. The maximum Gasteiger partial charge on any atom is 0.320 e. The molecule has 3 atom stereocenters. The molecule has 1 fully saturated rings. The number of para-hydroxylation sites is 2. The number of hydrogen-bond donors (Lipinski definition) is 4. The van der Waals surface area contributed by atoms with Gasteiger partial charge in [0.2, 0.25) is 5.91 Å². The number of aliphatic hydroxyl groups excluding tert-OH is 1. The molecule has 1 aliphatic rings. The number of carbonyl (C=O) groups is 2. The Hall–Kier alpha value is -3.16. The highest BCUT2D eigenvalue weighted by atomic mass is 16.4. The number of phenols is 1. The summed E-state index contributed by atoms with van der Waals surface area (Å²) in [6.07, 6.45) is 6.87. The number of rotatable bonds is 9. The van der Waals surface area contributed by atoms with Crippen molar-refractivity contribution in [1.29, 1.82) is 0 Å². The molecule has 3 aromatic rings. The van der Waals surface area contributed by atoms with Crippen molar-refractivity contribution < 1.29 is 24.9 Å². The largest absolute Gasteiger partial charge is 0.508 e. The van der Waals surface area contributed by atoms with Gasteiger partial charge < -0.3 is 21.1 Å². The van der Waals surface area contributed by atoms with E-state index in [0.29, 0.717) is 23.9 Å². The Morgan fingerprint density at radius 3 is 2.40 bits per heavy atom. The first-order valence-corrected chi connectivity index (χ1v) is 12.4. The molecule has 35 heavy (non-hydrogen) atoms. The lowest BCUT2D eigenvalue weighted by molar-refractivity contribution is -0.138. The van der Waals surface area contributed by atoms with E-state index in [9.17, 15) is 24.9 Å². The van der Waals surface area contributed by atoms with E-state index in [1.165, 1.54) is 0 Å². The van der Waals surface area contributed by atoms with Gasteiger partial charge in [-0.3, -0.25) is 14.2 Å². The second-order valence-electron chi connectivity index (χ2n) is 9.69. The number of hydrogen-bond acceptors (Lipinski definition) is 5. The molecule has 0 spiro atoms. The molecule has 0 bridgehead atoms. The van der Waals surface area contributed by atoms with E-state index in [1.807, 2.05) is 36.4 Å². The van der Waals surface area contributed by atoms with E-state index >= 15 is 0 Å². The lowest BCUT2D eigenvalue weighted by Gasteiger charge is -2.32. The van der Waals surface area contributed by atoms with Crippen molar-refractivity contribution in [3.8, 4) is 5.75 Å². The molecule has 7 nitrogen and oxygen atoms in total. The lowest BCUT2D eigenvalue weighted by Crippen LogP contribution is -2.38. The summed E-state index contributed by atoms with van der Waals surface area (Å²) in [6, 6.07) is 13.4. The summed E-state index contributed by atoms with van der Waals surface area (Å²) in [6.45, 7) is 0. The summed E-state index contributed by atoms with van der Waals surface area (Å²) in [7, 11) is 0. The third-order valence-corrected chi connectivity index (χ3v) is 7.37. The number of aromatic nitrogens is 1. The van der Waals surface area contributed by atoms with Crippen LogP contribution in [0.25, 0.3) is 10.9 Å². The van der Waals surface area contributed by atoms with Crippen LogP contribution in [0.2, 0.25) is 0 Å². The van der Waals surface area contributed by atoms with Gasteiger partial charge in [-0.05, 0) is 54.9 Å². The quantitative estimate of drug-likeness (QED) is 0.366. The van der Waals surface area contributed by atoms with Crippen LogP contribution < -0.4 is 5.73 Å². The molecule has 1 aromatic heterocycles. The van der Waals surface area contributed by atoms with Crippen molar-refractivity contribution in [2.24, 2.45) is 17.6 Å². The van der Waals surface area contributed by atoms with E-state index in [2.05, 4.69) is 0 Å². The molecule has 1 aliphatic carbocycles. The van der Waals surface area contributed by atoms with Gasteiger partial charge in [0.25, 0.3) is 0 Å². The SMILES string of the molecule is NC(Cc1cn(C(=O)C(CCc2ccccc2O)C(O)C2CCCCC2)c2ccccc12)C(=O)O. The topological polar surface area (TPSA) is 126 Å². The number of aliphatic hydroxyl groups is 1. The maximum absolute atomic E-state index is 14.0. The average molecular weight is 479 g/mol. The molecular formula is C28H34N2O5. The standard InChI is InChI=1S/C28H34N2O5/c29-23(28(34)35)16-20-17-30(24-12-6-5-11-21(20)24)27(33)22(26(32)19-9-2-1-3-10-19)15-14-18-8-4-7-13-25(18)31/h4-8,11-13,17,19,22-23,26,31-32H,1-3,9-10,14-16,29H2,(H,34,35). The van der Waals surface area contributed by atoms with Gasteiger partial charge in [0, 0.05) is 18.0 Å². The number of carboxylic acid groups (broad SMARTS) is 1. The second-order valence-corrected chi connectivity index (χ2v) is 9.69. The van der Waals surface area contributed by atoms with Crippen molar-refractivity contribution >= 4 is 22.8 Å². The number of phenolic OH excluding ortho intramolecular Hbond substituents is 1. The summed E-state index contributed by atoms with van der Waals surface area (Å²) in [5.74, 6) is -1.73. The first-order valence-electron chi connectivity index (χ1n) is 12.4. The van der Waals surface area contributed by atoms with Crippen LogP contribution >= 0.6 is 0 Å². The van der Waals surface area contributed by atoms with Gasteiger partial charge in [-0.25, -0.2) is 0 Å². The smallest absolute Gasteiger partial charge is 0.320 e. The molecule has 5 N–H and O–H groups in total. The van der Waals surface area contributed by atoms with Crippen molar-refractivity contribution in [2.45, 2.75) is 63.5 Å². The monoisotopic (exact) mass is 478 g/mol. The van der Waals surface area contributed by atoms with E-state index in [0.717, 1.165) is 43.1 Å². The number of aromatic hydroxyl groups is 1. The Kier molecular flexibility index (Phi) is 7.88. The van der Waals surface area contributed by atoms with Crippen molar-refractivity contribution in [3.05, 3.63) is 65.9 Å². The number of fused-ring (bicyclic) bond motifs is 1. The van der Waals surface area contributed by atoms with Crippen LogP contribution in [0.3, 0.4) is 0 Å². The van der Waals surface area contributed by atoms with Gasteiger partial charge in [-0.15, -0.1) is 0 Å². The molecule has 4 rings (SSSR count). The van der Waals surface area contributed by atoms with E-state index < -0.39 is 24.0 Å². The first-order chi connectivity index (χ1) is 16.9. The number of aryl methyl sites for hydroxylation is 1. The normalized spacial score (nSPS) is 17.2. The number of carboxylic acids is 1. The van der Waals surface area contributed by atoms with Crippen LogP contribution in [0, 0.1) is 11.8 Å². The number of aliphatic carboxylic acids is 1. The Labute approximate surface area is 205 Å². The molecule has 0 aliphatic heterocycles. The molecule has 1 heterocycles. The minimum Gasteiger partial charge on any atom is -0.508 e. The first kappa shape index (κ1) is 24.9. The minimum atomic E-state index is -1.10. The van der Waals surface area contributed by atoms with Crippen LogP contribution in [0.4, 0.5) is 0 Å². The van der Waals surface area contributed by atoms with Gasteiger partial charge >= 0.3 is 5.97 Å². The van der Waals surface area contributed by atoms with Crippen LogP contribution in [-0.4, -0.2) is 43.9 Å². The molecule has 0 amide bonds. The van der Waals surface area contributed by atoms with Crippen molar-refractivity contribution in [2.75, 3.05) is 0 Å². The predicted octanol–water partition coefficient (Wildman–Crippen LogP) is 4.13. The summed E-state index contributed by atoms with van der Waals surface area (Å²) < 4.78 is 1.56. The van der Waals surface area contributed by atoms with Crippen molar-refractivity contribution in [1.82, 2.24) is 4.57 Å². The van der Waals surface area contributed by atoms with Gasteiger partial charge in [-0.1, -0.05) is 55.7 Å². The zero-order chi connectivity index (χ0) is 24.9. The third kappa shape index (κ3) is 5.57. The van der Waals surface area contributed by atoms with Gasteiger partial charge in [0.05, 0.1) is 17.5 Å². The Morgan fingerprint density at radius 1 is 1.00 bits per heavy atom. The summed E-state index contributed by atoms with van der Waals surface area (Å²) >= 11 is 0. The highest BCUT2D eigenvalue weighted by Crippen LogP contribution is 2.34. The summed E-state index contributed by atoms with van der Waals surface area (Å²) in [5, 5.41) is 31.7. The maximum atomic E-state index is 14.0. The van der Waals surface area contributed by atoms with Gasteiger partial charge in [0.15, 0.2) is 0 Å². The zero-order valence-corrected chi connectivity index (χ0v) is 19.8. The molecule has 1 saturated carbocycles. The Bertz CT molecular complexity index is 1180. The fraction of sp³-hybridized carbons (Fsp3) is 0.429. The summed E-state index contributed by atoms with van der Waals surface area (Å²) in [4.78, 5) is 25.3. The van der Waals surface area contributed by atoms with Crippen LogP contribution in [-0.2, 0) is 17.6 Å². The predicted molar refractivity (Wildman–Crippen MR) is 134 cm³/mol. The third-order valence-electron chi connectivity index (χ3n) is 7.37. The fourth-order valence-corrected chi connectivity index (χ4v) is 5.38. The zero-order valence-electron chi connectivity index (χ0n) is 19.8.